The Morgan fingerprint density at radius 2 is 1.90 bits per heavy atom. The number of benzene rings is 1. The highest BCUT2D eigenvalue weighted by Gasteiger charge is 2.43. The molecule has 1 saturated carbocycles. The van der Waals surface area contributed by atoms with Crippen LogP contribution < -0.4 is 5.73 Å². The van der Waals surface area contributed by atoms with Gasteiger partial charge in [-0.25, -0.2) is 12.8 Å². The first-order chi connectivity index (χ1) is 9.50. The molecule has 1 aliphatic carbocycles. The lowest BCUT2D eigenvalue weighted by atomic mass is 9.78. The van der Waals surface area contributed by atoms with Crippen molar-refractivity contribution < 1.29 is 12.8 Å². The minimum Gasteiger partial charge on any atom is -0.327 e. The number of hydrogen-bond donors (Lipinski definition) is 1. The molecular weight excluding hydrogens is 315 g/mol. The third-order valence-electron chi connectivity index (χ3n) is 4.57. The Kier molecular flexibility index (Phi) is 4.92. The lowest BCUT2D eigenvalue weighted by molar-refractivity contribution is 0.260. The molecule has 0 aromatic heterocycles. The van der Waals surface area contributed by atoms with Crippen molar-refractivity contribution in [2.45, 2.75) is 30.2 Å². The highest BCUT2D eigenvalue weighted by atomic mass is 35.5. The summed E-state index contributed by atoms with van der Waals surface area (Å²) in [4.78, 5) is -0.229. The normalized spacial score (nSPS) is 29.7. The molecule has 0 bridgehead atoms. The van der Waals surface area contributed by atoms with Crippen LogP contribution in [0.3, 0.4) is 0 Å². The van der Waals surface area contributed by atoms with Crippen LogP contribution in [0.5, 0.6) is 0 Å². The molecule has 1 aromatic carbocycles. The fraction of sp³-hybridized carbons (Fsp3) is 0.571. The van der Waals surface area contributed by atoms with E-state index in [9.17, 15) is 12.8 Å². The van der Waals surface area contributed by atoms with E-state index in [-0.39, 0.29) is 29.3 Å². The number of hydrogen-bond acceptors (Lipinski definition) is 3. The number of halogens is 2. The molecule has 1 heterocycles. The first-order valence-electron chi connectivity index (χ1n) is 7.00. The SMILES string of the molecule is Cl.NC1CCCC2CN(S(=O)(=O)c3ccccc3F)CC12. The van der Waals surface area contributed by atoms with Crippen molar-refractivity contribution in [3.63, 3.8) is 0 Å². The smallest absolute Gasteiger partial charge is 0.246 e. The molecule has 2 aliphatic rings. The average molecular weight is 335 g/mol. The summed E-state index contributed by atoms with van der Waals surface area (Å²) < 4.78 is 40.3. The quantitative estimate of drug-likeness (QED) is 0.899. The van der Waals surface area contributed by atoms with E-state index < -0.39 is 15.8 Å². The molecule has 1 aliphatic heterocycles. The van der Waals surface area contributed by atoms with Gasteiger partial charge in [0.1, 0.15) is 10.7 Å². The zero-order valence-electron chi connectivity index (χ0n) is 11.6. The summed E-state index contributed by atoms with van der Waals surface area (Å²) in [6.45, 7) is 0.886. The standard InChI is InChI=1S/C14H19FN2O2S.ClH/c15-12-5-1-2-7-14(12)20(18,19)17-8-10-4-3-6-13(16)11(10)9-17;/h1-2,5,7,10-11,13H,3-4,6,8-9,16H2;1H. The van der Waals surface area contributed by atoms with Crippen LogP contribution in [0.1, 0.15) is 19.3 Å². The highest BCUT2D eigenvalue weighted by molar-refractivity contribution is 7.89. The lowest BCUT2D eigenvalue weighted by Crippen LogP contribution is -2.38. The molecule has 21 heavy (non-hydrogen) atoms. The van der Waals surface area contributed by atoms with Gasteiger partial charge in [-0.3, -0.25) is 0 Å². The van der Waals surface area contributed by atoms with Crippen molar-refractivity contribution in [2.75, 3.05) is 13.1 Å². The second-order valence-corrected chi connectivity index (χ2v) is 7.68. The molecule has 2 N–H and O–H groups in total. The lowest BCUT2D eigenvalue weighted by Gasteiger charge is -2.29. The van der Waals surface area contributed by atoms with Gasteiger partial charge in [0.25, 0.3) is 0 Å². The number of sulfonamides is 1. The van der Waals surface area contributed by atoms with Gasteiger partial charge in [0.05, 0.1) is 0 Å². The van der Waals surface area contributed by atoms with E-state index in [1.54, 1.807) is 6.07 Å². The monoisotopic (exact) mass is 334 g/mol. The van der Waals surface area contributed by atoms with Crippen molar-refractivity contribution in [3.05, 3.63) is 30.1 Å². The van der Waals surface area contributed by atoms with Gasteiger partial charge in [0.15, 0.2) is 0 Å². The van der Waals surface area contributed by atoms with Crippen molar-refractivity contribution in [3.8, 4) is 0 Å². The Morgan fingerprint density at radius 1 is 1.19 bits per heavy atom. The zero-order chi connectivity index (χ0) is 14.3. The maximum absolute atomic E-state index is 13.8. The third-order valence-corrected chi connectivity index (χ3v) is 6.44. The summed E-state index contributed by atoms with van der Waals surface area (Å²) in [7, 11) is -3.75. The van der Waals surface area contributed by atoms with E-state index in [1.165, 1.54) is 22.5 Å². The van der Waals surface area contributed by atoms with Crippen LogP contribution >= 0.6 is 12.4 Å². The maximum Gasteiger partial charge on any atom is 0.246 e. The Hall–Kier alpha value is -0.690. The van der Waals surface area contributed by atoms with Crippen molar-refractivity contribution in [1.29, 1.82) is 0 Å². The third kappa shape index (κ3) is 2.95. The number of nitrogens with two attached hydrogens (primary N) is 1. The largest absolute Gasteiger partial charge is 0.327 e. The molecule has 0 spiro atoms. The minimum atomic E-state index is -3.75. The Bertz CT molecular complexity index is 611. The summed E-state index contributed by atoms with van der Waals surface area (Å²) >= 11 is 0. The Morgan fingerprint density at radius 3 is 2.57 bits per heavy atom. The summed E-state index contributed by atoms with van der Waals surface area (Å²) in [5.74, 6) is -0.155. The number of nitrogens with zero attached hydrogens (tertiary/aromatic N) is 1. The van der Waals surface area contributed by atoms with Gasteiger partial charge in [-0.1, -0.05) is 18.6 Å². The molecule has 1 saturated heterocycles. The van der Waals surface area contributed by atoms with Crippen LogP contribution in [0.25, 0.3) is 0 Å². The van der Waals surface area contributed by atoms with E-state index in [2.05, 4.69) is 0 Å². The second kappa shape index (κ2) is 6.20. The van der Waals surface area contributed by atoms with E-state index in [0.717, 1.165) is 19.3 Å². The minimum absolute atomic E-state index is 0. The average Bonchev–Trinajstić information content (AvgIpc) is 2.85. The molecule has 3 unspecified atom stereocenters. The molecule has 7 heteroatoms. The van der Waals surface area contributed by atoms with E-state index in [0.29, 0.717) is 19.0 Å². The summed E-state index contributed by atoms with van der Waals surface area (Å²) in [5.41, 5.74) is 6.10. The van der Waals surface area contributed by atoms with Gasteiger partial charge in [0.2, 0.25) is 10.0 Å². The van der Waals surface area contributed by atoms with Crippen molar-refractivity contribution in [2.24, 2.45) is 17.6 Å². The molecule has 3 atom stereocenters. The van der Waals surface area contributed by atoms with Gasteiger partial charge >= 0.3 is 0 Å². The predicted octanol–water partition coefficient (Wildman–Crippen LogP) is 2.00. The maximum atomic E-state index is 13.8. The van der Waals surface area contributed by atoms with Crippen LogP contribution in [-0.4, -0.2) is 31.9 Å². The number of rotatable bonds is 2. The molecular formula is C14H20ClFN2O2S. The molecule has 0 amide bonds. The predicted molar refractivity (Wildman–Crippen MR) is 81.2 cm³/mol. The van der Waals surface area contributed by atoms with Crippen LogP contribution in [0.2, 0.25) is 0 Å². The van der Waals surface area contributed by atoms with E-state index >= 15 is 0 Å². The second-order valence-electron chi connectivity index (χ2n) is 5.77. The zero-order valence-corrected chi connectivity index (χ0v) is 13.2. The van der Waals surface area contributed by atoms with Gasteiger partial charge < -0.3 is 5.73 Å². The summed E-state index contributed by atoms with van der Waals surface area (Å²) in [6, 6.07) is 5.61. The van der Waals surface area contributed by atoms with Crippen molar-refractivity contribution in [1.82, 2.24) is 4.31 Å². The van der Waals surface area contributed by atoms with E-state index in [1.807, 2.05) is 0 Å². The molecule has 118 valence electrons. The molecule has 0 radical (unpaired) electrons. The van der Waals surface area contributed by atoms with Crippen LogP contribution in [-0.2, 0) is 10.0 Å². The summed E-state index contributed by atoms with van der Waals surface area (Å²) in [5, 5.41) is 0. The highest BCUT2D eigenvalue weighted by Crippen LogP contribution is 2.38. The van der Waals surface area contributed by atoms with Crippen molar-refractivity contribution >= 4 is 22.4 Å². The van der Waals surface area contributed by atoms with Crippen LogP contribution in [0.4, 0.5) is 4.39 Å². The summed E-state index contributed by atoms with van der Waals surface area (Å²) in [6.07, 6.45) is 3.02. The van der Waals surface area contributed by atoms with Gasteiger partial charge in [-0.15, -0.1) is 12.4 Å². The topological polar surface area (TPSA) is 63.4 Å². The molecule has 4 nitrogen and oxygen atoms in total. The fourth-order valence-corrected chi connectivity index (χ4v) is 5.06. The first-order valence-corrected chi connectivity index (χ1v) is 8.44. The molecule has 1 aromatic rings. The molecule has 3 rings (SSSR count). The number of fused-ring (bicyclic) bond motifs is 1. The Labute approximate surface area is 131 Å². The molecule has 2 fully saturated rings. The first kappa shape index (κ1) is 16.7. The van der Waals surface area contributed by atoms with Gasteiger partial charge in [-0.05, 0) is 36.8 Å². The van der Waals surface area contributed by atoms with E-state index in [4.69, 9.17) is 5.73 Å². The van der Waals surface area contributed by atoms with Gasteiger partial charge in [0, 0.05) is 19.1 Å². The van der Waals surface area contributed by atoms with Crippen LogP contribution in [0.15, 0.2) is 29.2 Å². The Balaban J connectivity index is 0.00000161. The fourth-order valence-electron chi connectivity index (χ4n) is 3.47. The van der Waals surface area contributed by atoms with Gasteiger partial charge in [-0.2, -0.15) is 4.31 Å². The van der Waals surface area contributed by atoms with Crippen LogP contribution in [0, 0.1) is 17.7 Å².